The van der Waals surface area contributed by atoms with Crippen molar-refractivity contribution in [2.24, 2.45) is 4.99 Å². The molecule has 25 heavy (non-hydrogen) atoms. The van der Waals surface area contributed by atoms with Crippen molar-refractivity contribution >= 4 is 26.5 Å². The van der Waals surface area contributed by atoms with E-state index in [-0.39, 0.29) is 5.25 Å². The van der Waals surface area contributed by atoms with E-state index in [1.165, 1.54) is 0 Å². The van der Waals surface area contributed by atoms with Gasteiger partial charge in [-0.2, -0.15) is 0 Å². The summed E-state index contributed by atoms with van der Waals surface area (Å²) in [7, 11) is 4.49. The van der Waals surface area contributed by atoms with Crippen molar-refractivity contribution in [2.75, 3.05) is 7.05 Å². The van der Waals surface area contributed by atoms with Crippen LogP contribution in [0.15, 0.2) is 70.7 Å². The lowest BCUT2D eigenvalue weighted by Crippen LogP contribution is -2.08. The SMILES string of the molecule is CN=C(P)C(C)Sc1nc(-c2ccccc2)nnc1-c1ccccc1. The van der Waals surface area contributed by atoms with Crippen LogP contribution in [0.4, 0.5) is 0 Å². The van der Waals surface area contributed by atoms with Gasteiger partial charge >= 0.3 is 0 Å². The molecular formula is C19H19N4PS. The minimum absolute atomic E-state index is 0.179. The van der Waals surface area contributed by atoms with E-state index in [0.717, 1.165) is 27.3 Å². The zero-order chi connectivity index (χ0) is 17.6. The van der Waals surface area contributed by atoms with Crippen LogP contribution in [0.3, 0.4) is 0 Å². The van der Waals surface area contributed by atoms with Gasteiger partial charge in [0.2, 0.25) is 0 Å². The van der Waals surface area contributed by atoms with Crippen molar-refractivity contribution < 1.29 is 0 Å². The Morgan fingerprint density at radius 3 is 2.16 bits per heavy atom. The van der Waals surface area contributed by atoms with Gasteiger partial charge in [0.15, 0.2) is 5.82 Å². The third kappa shape index (κ3) is 4.30. The van der Waals surface area contributed by atoms with Crippen molar-refractivity contribution in [3.8, 4) is 22.6 Å². The third-order valence-corrected chi connectivity index (χ3v) is 5.80. The zero-order valence-corrected chi connectivity index (χ0v) is 16.1. The van der Waals surface area contributed by atoms with Crippen LogP contribution in [-0.4, -0.2) is 32.9 Å². The molecule has 3 rings (SSSR count). The molecule has 0 radical (unpaired) electrons. The number of hydrogen-bond acceptors (Lipinski definition) is 5. The normalized spacial score (nSPS) is 12.8. The fourth-order valence-corrected chi connectivity index (χ4v) is 3.46. The summed E-state index contributed by atoms with van der Waals surface area (Å²) < 4.78 is 0. The quantitative estimate of drug-likeness (QED) is 0.376. The molecule has 1 aromatic heterocycles. The lowest BCUT2D eigenvalue weighted by molar-refractivity contribution is 0.923. The Labute approximate surface area is 154 Å². The summed E-state index contributed by atoms with van der Waals surface area (Å²) in [4.78, 5) is 9.06. The highest BCUT2D eigenvalue weighted by Crippen LogP contribution is 2.33. The molecule has 1 heterocycles. The first-order chi connectivity index (χ1) is 12.2. The van der Waals surface area contributed by atoms with Crippen molar-refractivity contribution in [2.45, 2.75) is 17.2 Å². The van der Waals surface area contributed by atoms with Gasteiger partial charge < -0.3 is 0 Å². The highest BCUT2D eigenvalue weighted by Gasteiger charge is 2.17. The maximum absolute atomic E-state index is 4.80. The number of hydrogen-bond donors (Lipinski definition) is 0. The Morgan fingerprint density at radius 1 is 0.960 bits per heavy atom. The number of rotatable bonds is 5. The van der Waals surface area contributed by atoms with Gasteiger partial charge in [-0.1, -0.05) is 81.7 Å². The van der Waals surface area contributed by atoms with Crippen LogP contribution in [0, 0.1) is 0 Å². The summed E-state index contributed by atoms with van der Waals surface area (Å²) in [6.07, 6.45) is 0. The predicted octanol–water partition coefficient (Wildman–Crippen LogP) is 4.59. The molecule has 0 amide bonds. The van der Waals surface area contributed by atoms with E-state index in [4.69, 9.17) is 4.98 Å². The Morgan fingerprint density at radius 2 is 1.56 bits per heavy atom. The summed E-state index contributed by atoms with van der Waals surface area (Å²) in [6.45, 7) is 2.11. The summed E-state index contributed by atoms with van der Waals surface area (Å²) >= 11 is 1.64. The van der Waals surface area contributed by atoms with E-state index in [2.05, 4.69) is 31.4 Å². The van der Waals surface area contributed by atoms with E-state index in [0.29, 0.717) is 5.82 Å². The molecule has 0 bridgehead atoms. The Balaban J connectivity index is 2.06. The number of thioether (sulfide) groups is 1. The fraction of sp³-hybridized carbons (Fsp3) is 0.158. The van der Waals surface area contributed by atoms with Gasteiger partial charge in [0.05, 0.1) is 0 Å². The van der Waals surface area contributed by atoms with Crippen LogP contribution >= 0.6 is 21.0 Å². The van der Waals surface area contributed by atoms with E-state index in [9.17, 15) is 0 Å². The van der Waals surface area contributed by atoms with Gasteiger partial charge in [-0.05, 0) is 6.92 Å². The van der Waals surface area contributed by atoms with E-state index in [1.807, 2.05) is 60.7 Å². The molecule has 0 aliphatic heterocycles. The summed E-state index contributed by atoms with van der Waals surface area (Å²) in [5.41, 5.74) is 3.75. The first-order valence-corrected chi connectivity index (χ1v) is 9.39. The zero-order valence-electron chi connectivity index (χ0n) is 14.1. The first kappa shape index (κ1) is 17.7. The largest absolute Gasteiger partial charge is 0.292 e. The van der Waals surface area contributed by atoms with E-state index >= 15 is 0 Å². The molecular weight excluding hydrogens is 347 g/mol. The second-order valence-electron chi connectivity index (χ2n) is 5.43. The van der Waals surface area contributed by atoms with Crippen LogP contribution in [0.5, 0.6) is 0 Å². The number of aliphatic imine (C=N–C) groups is 1. The molecule has 0 spiro atoms. The summed E-state index contributed by atoms with van der Waals surface area (Å²) in [5.74, 6) is 0.633. The molecule has 0 saturated carbocycles. The van der Waals surface area contributed by atoms with Crippen molar-refractivity contribution in [1.82, 2.24) is 15.2 Å². The maximum Gasteiger partial charge on any atom is 0.182 e. The molecule has 2 unspecified atom stereocenters. The number of nitrogens with zero attached hydrogens (tertiary/aromatic N) is 4. The number of benzene rings is 2. The molecule has 2 aromatic carbocycles. The van der Waals surface area contributed by atoms with Crippen molar-refractivity contribution in [3.63, 3.8) is 0 Å². The van der Waals surface area contributed by atoms with E-state index < -0.39 is 0 Å². The van der Waals surface area contributed by atoms with Crippen molar-refractivity contribution in [3.05, 3.63) is 60.7 Å². The van der Waals surface area contributed by atoms with Crippen LogP contribution in [0.2, 0.25) is 0 Å². The van der Waals surface area contributed by atoms with Gasteiger partial charge in [-0.25, -0.2) is 4.98 Å². The van der Waals surface area contributed by atoms with Gasteiger partial charge in [0.25, 0.3) is 0 Å². The Hall–Kier alpha value is -2.10. The molecule has 126 valence electrons. The van der Waals surface area contributed by atoms with Gasteiger partial charge in [0, 0.05) is 28.9 Å². The highest BCUT2D eigenvalue weighted by atomic mass is 32.2. The first-order valence-electron chi connectivity index (χ1n) is 7.93. The van der Waals surface area contributed by atoms with Crippen LogP contribution in [0.25, 0.3) is 22.6 Å². The molecule has 0 aliphatic rings. The van der Waals surface area contributed by atoms with E-state index in [1.54, 1.807) is 18.8 Å². The smallest absolute Gasteiger partial charge is 0.182 e. The predicted molar refractivity (Wildman–Crippen MR) is 109 cm³/mol. The Bertz CT molecular complexity index is 869. The number of aromatic nitrogens is 3. The van der Waals surface area contributed by atoms with Crippen LogP contribution in [0.1, 0.15) is 6.92 Å². The fourth-order valence-electron chi connectivity index (χ4n) is 2.29. The molecule has 3 aromatic rings. The van der Waals surface area contributed by atoms with Crippen LogP contribution < -0.4 is 0 Å². The molecule has 0 fully saturated rings. The standard InChI is InChI=1S/C19H19N4PS/c1-13(18(24)20-2)25-19-16(14-9-5-3-6-10-14)22-23-17(21-19)15-11-7-4-8-12-15/h3-13H,24H2,1-2H3. The molecule has 4 nitrogen and oxygen atoms in total. The van der Waals surface area contributed by atoms with Gasteiger partial charge in [-0.15, -0.1) is 10.2 Å². The second kappa shape index (κ2) is 8.32. The van der Waals surface area contributed by atoms with Gasteiger partial charge in [-0.3, -0.25) is 4.99 Å². The minimum atomic E-state index is 0.179. The lowest BCUT2D eigenvalue weighted by Gasteiger charge is -2.13. The van der Waals surface area contributed by atoms with Gasteiger partial charge in [0.1, 0.15) is 10.7 Å². The summed E-state index contributed by atoms with van der Waals surface area (Å²) in [5, 5.41) is 9.87. The third-order valence-electron chi connectivity index (χ3n) is 3.70. The molecule has 0 N–H and O–H groups in total. The van der Waals surface area contributed by atoms with Crippen molar-refractivity contribution in [1.29, 1.82) is 0 Å². The molecule has 0 saturated heterocycles. The average Bonchev–Trinajstić information content (AvgIpc) is 2.68. The lowest BCUT2D eigenvalue weighted by atomic mass is 10.2. The maximum atomic E-state index is 4.80. The molecule has 2 atom stereocenters. The monoisotopic (exact) mass is 366 g/mol. The topological polar surface area (TPSA) is 51.0 Å². The Kier molecular flexibility index (Phi) is 5.90. The molecule has 6 heteroatoms. The second-order valence-corrected chi connectivity index (χ2v) is 7.35. The molecule has 0 aliphatic carbocycles. The summed E-state index contributed by atoms with van der Waals surface area (Å²) in [6, 6.07) is 19.9. The average molecular weight is 366 g/mol. The minimum Gasteiger partial charge on any atom is -0.292 e. The highest BCUT2D eigenvalue weighted by molar-refractivity contribution is 8.01. The van der Waals surface area contributed by atoms with Crippen LogP contribution in [-0.2, 0) is 0 Å².